The van der Waals surface area contributed by atoms with Crippen LogP contribution in [0.5, 0.6) is 17.2 Å². The summed E-state index contributed by atoms with van der Waals surface area (Å²) >= 11 is 12.8. The molecule has 0 atom stereocenters. The summed E-state index contributed by atoms with van der Waals surface area (Å²) in [5, 5.41) is 5.05. The number of hydrogen-bond acceptors (Lipinski definition) is 7. The van der Waals surface area contributed by atoms with Gasteiger partial charge in [-0.25, -0.2) is 9.69 Å². The number of imide groups is 2. The summed E-state index contributed by atoms with van der Waals surface area (Å²) < 4.78 is 16.9. The molecule has 5 amide bonds. The SMILES string of the molecule is CCCOc1ccc(N2C(=O)NC(=O)/C(=C\c3cc(Cl)c(OCC(=O)Nc4ccc(C)cc4C)c(Cl)c3)C2=O)cc1OCC. The normalized spacial score (nSPS) is 14.0. The molecule has 230 valence electrons. The molecule has 3 aromatic carbocycles. The number of aryl methyl sites for hydroxylation is 2. The summed E-state index contributed by atoms with van der Waals surface area (Å²) in [6.45, 7) is 8.02. The second kappa shape index (κ2) is 14.3. The molecule has 4 rings (SSSR count). The molecule has 0 saturated carbocycles. The van der Waals surface area contributed by atoms with Crippen LogP contribution in [0.3, 0.4) is 0 Å². The van der Waals surface area contributed by atoms with Gasteiger partial charge in [0, 0.05) is 11.8 Å². The van der Waals surface area contributed by atoms with E-state index in [-0.39, 0.29) is 39.2 Å². The van der Waals surface area contributed by atoms with Crippen LogP contribution in [0, 0.1) is 13.8 Å². The van der Waals surface area contributed by atoms with E-state index >= 15 is 0 Å². The van der Waals surface area contributed by atoms with E-state index in [0.717, 1.165) is 22.4 Å². The average Bonchev–Trinajstić information content (AvgIpc) is 2.96. The highest BCUT2D eigenvalue weighted by molar-refractivity contribution is 6.40. The number of nitrogens with one attached hydrogen (secondary N) is 2. The van der Waals surface area contributed by atoms with Gasteiger partial charge in [-0.15, -0.1) is 0 Å². The maximum Gasteiger partial charge on any atom is 0.335 e. The topological polar surface area (TPSA) is 123 Å². The molecule has 0 aromatic heterocycles. The zero-order chi connectivity index (χ0) is 32.0. The lowest BCUT2D eigenvalue weighted by Crippen LogP contribution is -2.54. The molecule has 3 aromatic rings. The van der Waals surface area contributed by atoms with Crippen LogP contribution in [-0.2, 0) is 14.4 Å². The number of carbonyl (C=O) groups is 4. The van der Waals surface area contributed by atoms with Crippen molar-refractivity contribution in [2.24, 2.45) is 0 Å². The zero-order valence-electron chi connectivity index (χ0n) is 24.6. The molecule has 0 unspecified atom stereocenters. The van der Waals surface area contributed by atoms with Gasteiger partial charge < -0.3 is 19.5 Å². The molecule has 0 aliphatic carbocycles. The third-order valence-electron chi connectivity index (χ3n) is 6.38. The van der Waals surface area contributed by atoms with Crippen molar-refractivity contribution in [1.29, 1.82) is 0 Å². The highest BCUT2D eigenvalue weighted by atomic mass is 35.5. The van der Waals surface area contributed by atoms with Gasteiger partial charge in [-0.05, 0) is 74.7 Å². The van der Waals surface area contributed by atoms with Crippen molar-refractivity contribution in [2.45, 2.75) is 34.1 Å². The molecule has 0 radical (unpaired) electrons. The Hall–Kier alpha value is -4.54. The first-order valence-electron chi connectivity index (χ1n) is 13.8. The fraction of sp³-hybridized carbons (Fsp3) is 0.250. The van der Waals surface area contributed by atoms with Crippen molar-refractivity contribution in [3.63, 3.8) is 0 Å². The van der Waals surface area contributed by atoms with Crippen LogP contribution >= 0.6 is 23.2 Å². The standard InChI is InChI=1S/C32H31Cl2N3O7/c1-5-11-43-26-10-8-21(16-27(26)42-6-2)37-31(40)22(30(39)36-32(37)41)13-20-14-23(33)29(24(34)15-20)44-17-28(38)35-25-9-7-18(3)12-19(25)4/h7-10,12-16H,5-6,11,17H2,1-4H3,(H,35,38)(H,36,39,41)/b22-13+. The lowest BCUT2D eigenvalue weighted by atomic mass is 10.1. The number of halogens is 2. The Morgan fingerprint density at radius 1 is 0.932 bits per heavy atom. The smallest absolute Gasteiger partial charge is 0.335 e. The van der Waals surface area contributed by atoms with Gasteiger partial charge in [0.05, 0.1) is 28.9 Å². The van der Waals surface area contributed by atoms with E-state index in [1.165, 1.54) is 30.3 Å². The van der Waals surface area contributed by atoms with Crippen LogP contribution in [0.25, 0.3) is 6.08 Å². The number of rotatable bonds is 11. The maximum absolute atomic E-state index is 13.5. The molecule has 1 aliphatic heterocycles. The number of barbiturate groups is 1. The lowest BCUT2D eigenvalue weighted by Gasteiger charge is -2.27. The number of nitrogens with zero attached hydrogens (tertiary/aromatic N) is 1. The van der Waals surface area contributed by atoms with Crippen molar-refractivity contribution in [3.05, 3.63) is 80.8 Å². The quantitative estimate of drug-likeness (QED) is 0.182. The monoisotopic (exact) mass is 639 g/mol. The number of amides is 5. The Bertz CT molecular complexity index is 1630. The maximum atomic E-state index is 13.5. The second-order valence-electron chi connectivity index (χ2n) is 9.84. The first-order valence-corrected chi connectivity index (χ1v) is 14.6. The van der Waals surface area contributed by atoms with Gasteiger partial charge in [-0.3, -0.25) is 19.7 Å². The number of ether oxygens (including phenoxy) is 3. The van der Waals surface area contributed by atoms with E-state index < -0.39 is 23.8 Å². The fourth-order valence-corrected chi connectivity index (χ4v) is 4.99. The highest BCUT2D eigenvalue weighted by Crippen LogP contribution is 2.36. The summed E-state index contributed by atoms with van der Waals surface area (Å²) in [6.07, 6.45) is 2.04. The van der Waals surface area contributed by atoms with Crippen LogP contribution < -0.4 is 29.7 Å². The van der Waals surface area contributed by atoms with E-state index in [4.69, 9.17) is 37.4 Å². The molecular formula is C32H31Cl2N3O7. The van der Waals surface area contributed by atoms with Crippen LogP contribution in [0.1, 0.15) is 37.0 Å². The predicted molar refractivity (Wildman–Crippen MR) is 169 cm³/mol. The van der Waals surface area contributed by atoms with E-state index in [9.17, 15) is 19.2 Å². The molecular weight excluding hydrogens is 609 g/mol. The summed E-state index contributed by atoms with van der Waals surface area (Å²) in [5.74, 6) is -1.31. The Labute approximate surface area is 264 Å². The first-order chi connectivity index (χ1) is 21.0. The van der Waals surface area contributed by atoms with E-state index in [1.54, 1.807) is 19.1 Å². The van der Waals surface area contributed by atoms with Gasteiger partial charge in [0.25, 0.3) is 17.7 Å². The molecule has 1 fully saturated rings. The van der Waals surface area contributed by atoms with Crippen LogP contribution in [0.2, 0.25) is 10.0 Å². The Balaban J connectivity index is 1.54. The van der Waals surface area contributed by atoms with Gasteiger partial charge in [0.2, 0.25) is 0 Å². The van der Waals surface area contributed by atoms with Crippen molar-refractivity contribution < 1.29 is 33.4 Å². The number of benzene rings is 3. The lowest BCUT2D eigenvalue weighted by molar-refractivity contribution is -0.122. The second-order valence-corrected chi connectivity index (χ2v) is 10.7. The minimum Gasteiger partial charge on any atom is -0.490 e. The van der Waals surface area contributed by atoms with Gasteiger partial charge in [0.15, 0.2) is 23.9 Å². The molecule has 12 heteroatoms. The summed E-state index contributed by atoms with van der Waals surface area (Å²) in [7, 11) is 0. The zero-order valence-corrected chi connectivity index (χ0v) is 26.1. The number of carbonyl (C=O) groups excluding carboxylic acids is 4. The molecule has 44 heavy (non-hydrogen) atoms. The van der Waals surface area contributed by atoms with Gasteiger partial charge in [0.1, 0.15) is 5.57 Å². The molecule has 1 aliphatic rings. The molecule has 2 N–H and O–H groups in total. The summed E-state index contributed by atoms with van der Waals surface area (Å²) in [4.78, 5) is 52.2. The predicted octanol–water partition coefficient (Wildman–Crippen LogP) is 6.48. The van der Waals surface area contributed by atoms with Gasteiger partial charge in [-0.2, -0.15) is 0 Å². The van der Waals surface area contributed by atoms with Crippen molar-refractivity contribution in [2.75, 3.05) is 30.0 Å². The third kappa shape index (κ3) is 7.50. The van der Waals surface area contributed by atoms with Crippen molar-refractivity contribution in [3.8, 4) is 17.2 Å². The molecule has 0 spiro atoms. The molecule has 0 bridgehead atoms. The molecule has 1 saturated heterocycles. The largest absolute Gasteiger partial charge is 0.490 e. The van der Waals surface area contributed by atoms with E-state index in [2.05, 4.69) is 10.6 Å². The molecule has 1 heterocycles. The van der Waals surface area contributed by atoms with Gasteiger partial charge in [-0.1, -0.05) is 47.8 Å². The number of anilines is 2. The fourth-order valence-electron chi connectivity index (χ4n) is 4.37. The highest BCUT2D eigenvalue weighted by Gasteiger charge is 2.37. The van der Waals surface area contributed by atoms with E-state index in [0.29, 0.717) is 30.4 Å². The minimum absolute atomic E-state index is 0.0456. The Morgan fingerprint density at radius 3 is 2.32 bits per heavy atom. The van der Waals surface area contributed by atoms with Crippen LogP contribution in [0.15, 0.2) is 54.1 Å². The number of hydrogen-bond donors (Lipinski definition) is 2. The van der Waals surface area contributed by atoms with Crippen molar-refractivity contribution in [1.82, 2.24) is 5.32 Å². The Kier molecular flexibility index (Phi) is 10.5. The van der Waals surface area contributed by atoms with Crippen LogP contribution in [-0.4, -0.2) is 43.6 Å². The minimum atomic E-state index is -0.916. The van der Waals surface area contributed by atoms with Crippen molar-refractivity contribution >= 4 is 64.4 Å². The summed E-state index contributed by atoms with van der Waals surface area (Å²) in [5.41, 5.74) is 2.76. The third-order valence-corrected chi connectivity index (χ3v) is 6.95. The Morgan fingerprint density at radius 2 is 1.66 bits per heavy atom. The van der Waals surface area contributed by atoms with Crippen LogP contribution in [0.4, 0.5) is 16.2 Å². The summed E-state index contributed by atoms with van der Waals surface area (Å²) in [6, 6.07) is 12.2. The molecule has 10 nitrogen and oxygen atoms in total. The van der Waals surface area contributed by atoms with Gasteiger partial charge >= 0.3 is 6.03 Å². The number of urea groups is 1. The first kappa shape index (κ1) is 32.4. The average molecular weight is 641 g/mol. The van der Waals surface area contributed by atoms with E-state index in [1.807, 2.05) is 32.9 Å².